The van der Waals surface area contributed by atoms with E-state index >= 15 is 0 Å². The molecule has 1 aromatic rings. The summed E-state index contributed by atoms with van der Waals surface area (Å²) >= 11 is 1.07. The van der Waals surface area contributed by atoms with Gasteiger partial charge in [0.1, 0.15) is 12.1 Å². The van der Waals surface area contributed by atoms with Crippen molar-refractivity contribution in [3.8, 4) is 11.5 Å². The van der Waals surface area contributed by atoms with E-state index in [0.29, 0.717) is 31.3 Å². The second-order valence-corrected chi connectivity index (χ2v) is 8.12. The molecule has 0 spiro atoms. The molecule has 9 heteroatoms. The van der Waals surface area contributed by atoms with Crippen LogP contribution in [0.25, 0.3) is 0 Å². The molecule has 28 heavy (non-hydrogen) atoms. The van der Waals surface area contributed by atoms with Crippen LogP contribution in [0.1, 0.15) is 26.3 Å². The molecule has 2 rings (SSSR count). The highest BCUT2D eigenvalue weighted by molar-refractivity contribution is 7.95. The Balaban J connectivity index is 2.00. The molecule has 0 unspecified atom stereocenters. The van der Waals surface area contributed by atoms with E-state index < -0.39 is 6.09 Å². The summed E-state index contributed by atoms with van der Waals surface area (Å²) in [5.41, 5.74) is 0.678. The molecule has 156 valence electrons. The first-order chi connectivity index (χ1) is 13.3. The summed E-state index contributed by atoms with van der Waals surface area (Å²) in [4.78, 5) is 24.3. The molecule has 1 heterocycles. The van der Waals surface area contributed by atoms with Crippen LogP contribution in [0.4, 0.5) is 4.79 Å². The molecule has 1 aliphatic rings. The van der Waals surface area contributed by atoms with Crippen molar-refractivity contribution < 1.29 is 28.5 Å². The van der Waals surface area contributed by atoms with E-state index in [4.69, 9.17) is 18.9 Å². The number of hydrogen-bond donors (Lipinski definition) is 0. The summed E-state index contributed by atoms with van der Waals surface area (Å²) in [5.74, 6) is 0.612. The molecular weight excluding hydrogens is 384 g/mol. The smallest absolute Gasteiger partial charge is 0.426 e. The van der Waals surface area contributed by atoms with Crippen LogP contribution >= 0.6 is 12.1 Å². The fourth-order valence-electron chi connectivity index (χ4n) is 2.73. The standard InChI is InChI=1S/C19H28N2O6S/c1-6-25-16(22)13-21(10-11-24-5)28-20(4)18(23)26-15-9-7-8-14-12-19(2,3)27-17(14)15/h7-9H,6,10-13H2,1-5H3. The number of benzene rings is 1. The van der Waals surface area contributed by atoms with Gasteiger partial charge in [0, 0.05) is 44.8 Å². The van der Waals surface area contributed by atoms with Crippen molar-refractivity contribution in [2.24, 2.45) is 0 Å². The molecule has 0 saturated carbocycles. The Morgan fingerprint density at radius 3 is 2.75 bits per heavy atom. The fourth-order valence-corrected chi connectivity index (χ4v) is 3.49. The van der Waals surface area contributed by atoms with E-state index in [1.165, 1.54) is 4.31 Å². The van der Waals surface area contributed by atoms with Gasteiger partial charge in [-0.1, -0.05) is 12.1 Å². The van der Waals surface area contributed by atoms with Gasteiger partial charge >= 0.3 is 12.1 Å². The second-order valence-electron chi connectivity index (χ2n) is 6.89. The Kier molecular flexibility index (Phi) is 7.97. The predicted octanol–water partition coefficient (Wildman–Crippen LogP) is 2.91. The topological polar surface area (TPSA) is 77.5 Å². The molecule has 0 fully saturated rings. The Morgan fingerprint density at radius 2 is 2.07 bits per heavy atom. The van der Waals surface area contributed by atoms with Crippen LogP contribution in [-0.4, -0.2) is 66.7 Å². The zero-order chi connectivity index (χ0) is 20.7. The van der Waals surface area contributed by atoms with Gasteiger partial charge in [0.25, 0.3) is 0 Å². The zero-order valence-electron chi connectivity index (χ0n) is 17.0. The van der Waals surface area contributed by atoms with Crippen LogP contribution in [0, 0.1) is 0 Å². The number of carbonyl (C=O) groups excluding carboxylic acids is 2. The highest BCUT2D eigenvalue weighted by Crippen LogP contribution is 2.42. The van der Waals surface area contributed by atoms with Gasteiger partial charge in [0.15, 0.2) is 11.5 Å². The molecule has 0 aromatic heterocycles. The predicted molar refractivity (Wildman–Crippen MR) is 106 cm³/mol. The number of esters is 1. The lowest BCUT2D eigenvalue weighted by molar-refractivity contribution is -0.143. The van der Waals surface area contributed by atoms with E-state index in [2.05, 4.69) is 0 Å². The van der Waals surface area contributed by atoms with Crippen LogP contribution in [0.2, 0.25) is 0 Å². The van der Waals surface area contributed by atoms with E-state index in [1.807, 2.05) is 26.0 Å². The third-order valence-corrected chi connectivity index (χ3v) is 4.84. The largest absolute Gasteiger partial charge is 0.483 e. The number of hydrogen-bond acceptors (Lipinski definition) is 8. The van der Waals surface area contributed by atoms with E-state index in [0.717, 1.165) is 24.1 Å². The maximum Gasteiger partial charge on any atom is 0.426 e. The number of amides is 1. The first kappa shape index (κ1) is 22.3. The zero-order valence-corrected chi connectivity index (χ0v) is 17.8. The van der Waals surface area contributed by atoms with Crippen LogP contribution in [0.5, 0.6) is 11.5 Å². The molecule has 1 aliphatic heterocycles. The first-order valence-corrected chi connectivity index (χ1v) is 9.82. The Morgan fingerprint density at radius 1 is 1.32 bits per heavy atom. The molecule has 0 aliphatic carbocycles. The summed E-state index contributed by atoms with van der Waals surface area (Å²) in [6.45, 7) is 6.90. The van der Waals surface area contributed by atoms with Gasteiger partial charge in [0.2, 0.25) is 0 Å². The van der Waals surface area contributed by atoms with Gasteiger partial charge in [-0.05, 0) is 26.8 Å². The number of rotatable bonds is 9. The minimum atomic E-state index is -0.571. The number of fused-ring (bicyclic) bond motifs is 1. The average molecular weight is 413 g/mol. The quantitative estimate of drug-likeness (QED) is 0.453. The molecule has 8 nitrogen and oxygen atoms in total. The van der Waals surface area contributed by atoms with Crippen LogP contribution in [0.3, 0.4) is 0 Å². The van der Waals surface area contributed by atoms with Gasteiger partial charge < -0.3 is 18.9 Å². The molecule has 0 N–H and O–H groups in total. The van der Waals surface area contributed by atoms with Gasteiger partial charge in [0.05, 0.1) is 13.2 Å². The minimum absolute atomic E-state index is 0.0253. The van der Waals surface area contributed by atoms with Crippen molar-refractivity contribution in [1.82, 2.24) is 8.61 Å². The number of carbonyl (C=O) groups is 2. The van der Waals surface area contributed by atoms with Crippen molar-refractivity contribution in [2.75, 3.05) is 40.5 Å². The fraction of sp³-hybridized carbons (Fsp3) is 0.579. The van der Waals surface area contributed by atoms with Gasteiger partial charge in [-0.25, -0.2) is 13.4 Å². The lowest BCUT2D eigenvalue weighted by Gasteiger charge is -2.24. The number of ether oxygens (including phenoxy) is 4. The Bertz CT molecular complexity index is 697. The summed E-state index contributed by atoms with van der Waals surface area (Å²) in [6.07, 6.45) is 0.181. The highest BCUT2D eigenvalue weighted by Gasteiger charge is 2.33. The normalized spacial score (nSPS) is 14.4. The van der Waals surface area contributed by atoms with Gasteiger partial charge in [-0.3, -0.25) is 4.79 Å². The van der Waals surface area contributed by atoms with Gasteiger partial charge in [-0.15, -0.1) is 0 Å². The monoisotopic (exact) mass is 412 g/mol. The number of methoxy groups -OCH3 is 1. The maximum absolute atomic E-state index is 12.5. The molecule has 0 bridgehead atoms. The molecule has 0 radical (unpaired) electrons. The van der Waals surface area contributed by atoms with Crippen molar-refractivity contribution in [3.05, 3.63) is 23.8 Å². The highest BCUT2D eigenvalue weighted by atomic mass is 32.2. The summed E-state index contributed by atoms with van der Waals surface area (Å²) in [5, 5.41) is 0. The molecule has 1 aromatic carbocycles. The Labute approximate surface area is 170 Å². The molecule has 0 atom stereocenters. The summed E-state index contributed by atoms with van der Waals surface area (Å²) in [7, 11) is 3.15. The molecule has 1 amide bonds. The van der Waals surface area contributed by atoms with Gasteiger partial charge in [-0.2, -0.15) is 0 Å². The second kappa shape index (κ2) is 9.99. The molecule has 0 saturated heterocycles. The number of para-hydroxylation sites is 1. The molecular formula is C19H28N2O6S. The van der Waals surface area contributed by atoms with Crippen LogP contribution in [0.15, 0.2) is 18.2 Å². The third kappa shape index (κ3) is 6.29. The van der Waals surface area contributed by atoms with Crippen molar-refractivity contribution >= 4 is 24.2 Å². The minimum Gasteiger partial charge on any atom is -0.483 e. The van der Waals surface area contributed by atoms with Crippen molar-refractivity contribution in [3.63, 3.8) is 0 Å². The maximum atomic E-state index is 12.5. The summed E-state index contributed by atoms with van der Waals surface area (Å²) in [6, 6.07) is 5.51. The first-order valence-electron chi connectivity index (χ1n) is 9.09. The van der Waals surface area contributed by atoms with Crippen LogP contribution in [-0.2, 0) is 20.7 Å². The van der Waals surface area contributed by atoms with E-state index in [-0.39, 0.29) is 18.1 Å². The van der Waals surface area contributed by atoms with Crippen LogP contribution < -0.4 is 9.47 Å². The average Bonchev–Trinajstić information content (AvgIpc) is 2.94. The SMILES string of the molecule is CCOC(=O)CN(CCOC)SN(C)C(=O)Oc1cccc2c1OC(C)(C)C2. The third-order valence-electron chi connectivity index (χ3n) is 3.90. The summed E-state index contributed by atoms with van der Waals surface area (Å²) < 4.78 is 24.5. The van der Waals surface area contributed by atoms with Crippen molar-refractivity contribution in [2.45, 2.75) is 32.8 Å². The lowest BCUT2D eigenvalue weighted by Crippen LogP contribution is -2.34. The lowest BCUT2D eigenvalue weighted by atomic mass is 10.0. The van der Waals surface area contributed by atoms with E-state index in [9.17, 15) is 9.59 Å². The number of nitrogens with zero attached hydrogens (tertiary/aromatic N) is 2. The Hall–Kier alpha value is -1.97. The van der Waals surface area contributed by atoms with Crippen molar-refractivity contribution in [1.29, 1.82) is 0 Å². The van der Waals surface area contributed by atoms with E-state index in [1.54, 1.807) is 31.5 Å².